The smallest absolute Gasteiger partial charge is 0.306 e. The summed E-state index contributed by atoms with van der Waals surface area (Å²) in [6, 6.07) is 0. The van der Waals surface area contributed by atoms with Crippen molar-refractivity contribution < 1.29 is 9.53 Å². The number of carbonyl (C=O) groups is 1. The van der Waals surface area contributed by atoms with Crippen LogP contribution < -0.4 is 0 Å². The van der Waals surface area contributed by atoms with Crippen molar-refractivity contribution in [3.05, 3.63) is 12.2 Å². The van der Waals surface area contributed by atoms with Crippen LogP contribution in [0.4, 0.5) is 0 Å². The number of hydrogen-bond acceptors (Lipinski definition) is 2. The van der Waals surface area contributed by atoms with Crippen LogP contribution in [0.5, 0.6) is 0 Å². The zero-order chi connectivity index (χ0) is 11.6. The monoisotopic (exact) mass is 224 g/mol. The van der Waals surface area contributed by atoms with Crippen LogP contribution in [0.2, 0.25) is 0 Å². The number of cyclic esters (lactones) is 1. The second-order valence-electron chi connectivity index (χ2n) is 4.66. The third-order valence-electron chi connectivity index (χ3n) is 2.98. The van der Waals surface area contributed by atoms with Crippen molar-refractivity contribution in [2.75, 3.05) is 0 Å². The van der Waals surface area contributed by atoms with E-state index in [0.717, 1.165) is 19.3 Å². The molecule has 1 rings (SSSR count). The summed E-state index contributed by atoms with van der Waals surface area (Å²) in [7, 11) is 0. The van der Waals surface area contributed by atoms with Crippen molar-refractivity contribution in [3.63, 3.8) is 0 Å². The third-order valence-corrected chi connectivity index (χ3v) is 2.98. The molecule has 2 heteroatoms. The summed E-state index contributed by atoms with van der Waals surface area (Å²) >= 11 is 0. The Morgan fingerprint density at radius 3 is 2.56 bits per heavy atom. The Labute approximate surface area is 99.1 Å². The number of esters is 1. The third kappa shape index (κ3) is 6.65. The summed E-state index contributed by atoms with van der Waals surface area (Å²) in [4.78, 5) is 11.4. The van der Waals surface area contributed by atoms with Gasteiger partial charge in [-0.2, -0.15) is 0 Å². The Morgan fingerprint density at radius 2 is 1.75 bits per heavy atom. The Morgan fingerprint density at radius 1 is 1.06 bits per heavy atom. The van der Waals surface area contributed by atoms with Gasteiger partial charge < -0.3 is 4.74 Å². The van der Waals surface area contributed by atoms with Crippen LogP contribution >= 0.6 is 0 Å². The molecule has 0 aromatic heterocycles. The summed E-state index contributed by atoms with van der Waals surface area (Å²) in [5, 5.41) is 0. The van der Waals surface area contributed by atoms with Gasteiger partial charge in [-0.3, -0.25) is 4.79 Å². The van der Waals surface area contributed by atoms with E-state index in [1.165, 1.54) is 32.1 Å². The van der Waals surface area contributed by atoms with Crippen molar-refractivity contribution in [1.82, 2.24) is 0 Å². The molecule has 0 spiro atoms. The van der Waals surface area contributed by atoms with Gasteiger partial charge in [-0.15, -0.1) is 0 Å². The standard InChI is InChI=1S/C14H24O2/c1-13-11-9-7-5-3-2-4-6-8-10-12-14(15)16-13/h4,6,13H,2-3,5,7-12H2,1H3/b6-4-. The lowest BCUT2D eigenvalue weighted by atomic mass is 10.1. The second kappa shape index (κ2) is 8.37. The van der Waals surface area contributed by atoms with E-state index in [0.29, 0.717) is 6.42 Å². The number of allylic oxidation sites excluding steroid dienone is 2. The molecule has 0 aromatic carbocycles. The molecule has 1 unspecified atom stereocenters. The molecular weight excluding hydrogens is 200 g/mol. The summed E-state index contributed by atoms with van der Waals surface area (Å²) in [6.07, 6.45) is 14.3. The molecule has 0 aliphatic carbocycles. The van der Waals surface area contributed by atoms with Gasteiger partial charge in [0.25, 0.3) is 0 Å². The first kappa shape index (κ1) is 13.3. The molecular formula is C14H24O2. The summed E-state index contributed by atoms with van der Waals surface area (Å²) in [6.45, 7) is 2.00. The zero-order valence-electron chi connectivity index (χ0n) is 10.4. The molecule has 0 fully saturated rings. The lowest BCUT2D eigenvalue weighted by Crippen LogP contribution is -2.14. The highest BCUT2D eigenvalue weighted by molar-refractivity contribution is 5.69. The lowest BCUT2D eigenvalue weighted by Gasteiger charge is -2.13. The molecule has 0 radical (unpaired) electrons. The number of rotatable bonds is 0. The molecule has 92 valence electrons. The number of carbonyl (C=O) groups excluding carboxylic acids is 1. The van der Waals surface area contributed by atoms with Crippen LogP contribution in [0.25, 0.3) is 0 Å². The quantitative estimate of drug-likeness (QED) is 0.459. The van der Waals surface area contributed by atoms with Crippen molar-refractivity contribution in [3.8, 4) is 0 Å². The first-order chi connectivity index (χ1) is 7.79. The lowest BCUT2D eigenvalue weighted by molar-refractivity contribution is -0.148. The summed E-state index contributed by atoms with van der Waals surface area (Å²) in [5.74, 6) is -0.0297. The fourth-order valence-electron chi connectivity index (χ4n) is 1.99. The minimum atomic E-state index is -0.0297. The highest BCUT2D eigenvalue weighted by Crippen LogP contribution is 2.12. The van der Waals surface area contributed by atoms with Gasteiger partial charge in [-0.1, -0.05) is 25.0 Å². The normalized spacial score (nSPS) is 27.8. The molecule has 1 heterocycles. The topological polar surface area (TPSA) is 26.3 Å². The van der Waals surface area contributed by atoms with Crippen LogP contribution in [0.3, 0.4) is 0 Å². The Balaban J connectivity index is 2.31. The average Bonchev–Trinajstić information content (AvgIpc) is 2.25. The van der Waals surface area contributed by atoms with Crippen molar-refractivity contribution >= 4 is 5.97 Å². The van der Waals surface area contributed by atoms with Crippen molar-refractivity contribution in [2.45, 2.75) is 70.8 Å². The van der Waals surface area contributed by atoms with Crippen LogP contribution in [0.1, 0.15) is 64.7 Å². The van der Waals surface area contributed by atoms with Gasteiger partial charge in [-0.25, -0.2) is 0 Å². The SMILES string of the molecule is CC1CCCCCC/C=C\CCCC(=O)O1. The second-order valence-corrected chi connectivity index (χ2v) is 4.66. The maximum Gasteiger partial charge on any atom is 0.306 e. The predicted molar refractivity (Wildman–Crippen MR) is 66.2 cm³/mol. The minimum absolute atomic E-state index is 0.0297. The molecule has 1 aliphatic rings. The largest absolute Gasteiger partial charge is 0.463 e. The van der Waals surface area contributed by atoms with E-state index in [1.54, 1.807) is 0 Å². The van der Waals surface area contributed by atoms with Gasteiger partial charge in [0.2, 0.25) is 0 Å². The Bertz CT molecular complexity index is 221. The van der Waals surface area contributed by atoms with E-state index in [2.05, 4.69) is 12.2 Å². The highest BCUT2D eigenvalue weighted by Gasteiger charge is 2.08. The van der Waals surface area contributed by atoms with Gasteiger partial charge in [0, 0.05) is 6.42 Å². The molecule has 1 aliphatic heterocycles. The summed E-state index contributed by atoms with van der Waals surface area (Å²) in [5.41, 5.74) is 0. The van der Waals surface area contributed by atoms with Gasteiger partial charge in [0.15, 0.2) is 0 Å². The number of hydrogen-bond donors (Lipinski definition) is 0. The molecule has 0 N–H and O–H groups in total. The van der Waals surface area contributed by atoms with Crippen molar-refractivity contribution in [1.29, 1.82) is 0 Å². The Kier molecular flexibility index (Phi) is 6.95. The molecule has 0 bridgehead atoms. The van der Waals surface area contributed by atoms with E-state index in [9.17, 15) is 4.79 Å². The molecule has 0 amide bonds. The number of ether oxygens (including phenoxy) is 1. The molecule has 2 nitrogen and oxygen atoms in total. The van der Waals surface area contributed by atoms with E-state index < -0.39 is 0 Å². The van der Waals surface area contributed by atoms with Crippen LogP contribution in [0.15, 0.2) is 12.2 Å². The summed E-state index contributed by atoms with van der Waals surface area (Å²) < 4.78 is 5.33. The van der Waals surface area contributed by atoms with Crippen LogP contribution in [0, 0.1) is 0 Å². The van der Waals surface area contributed by atoms with Crippen LogP contribution in [-0.4, -0.2) is 12.1 Å². The average molecular weight is 224 g/mol. The van der Waals surface area contributed by atoms with Crippen LogP contribution in [-0.2, 0) is 9.53 Å². The van der Waals surface area contributed by atoms with Gasteiger partial charge in [-0.05, 0) is 45.4 Å². The molecule has 1 atom stereocenters. The van der Waals surface area contributed by atoms with Crippen molar-refractivity contribution in [2.24, 2.45) is 0 Å². The minimum Gasteiger partial charge on any atom is -0.463 e. The molecule has 16 heavy (non-hydrogen) atoms. The van der Waals surface area contributed by atoms with E-state index in [-0.39, 0.29) is 12.1 Å². The van der Waals surface area contributed by atoms with E-state index in [4.69, 9.17) is 4.74 Å². The Hall–Kier alpha value is -0.790. The zero-order valence-corrected chi connectivity index (χ0v) is 10.4. The molecule has 0 saturated carbocycles. The first-order valence-corrected chi connectivity index (χ1v) is 6.63. The first-order valence-electron chi connectivity index (χ1n) is 6.63. The predicted octanol–water partition coefficient (Wildman–Crippen LogP) is 4.00. The fourth-order valence-corrected chi connectivity index (χ4v) is 1.99. The van der Waals surface area contributed by atoms with E-state index in [1.807, 2.05) is 6.92 Å². The van der Waals surface area contributed by atoms with Gasteiger partial charge >= 0.3 is 5.97 Å². The van der Waals surface area contributed by atoms with Gasteiger partial charge in [0.05, 0.1) is 6.10 Å². The highest BCUT2D eigenvalue weighted by atomic mass is 16.5. The molecule has 0 saturated heterocycles. The maximum atomic E-state index is 11.4. The molecule has 0 aromatic rings. The van der Waals surface area contributed by atoms with E-state index >= 15 is 0 Å². The van der Waals surface area contributed by atoms with Gasteiger partial charge in [0.1, 0.15) is 0 Å². The fraction of sp³-hybridized carbons (Fsp3) is 0.786. The maximum absolute atomic E-state index is 11.4.